The molecule has 0 unspecified atom stereocenters. The normalized spacial score (nSPS) is 13.4. The van der Waals surface area contributed by atoms with Crippen LogP contribution in [0, 0.1) is 20.9 Å². The maximum absolute atomic E-state index is 13.8. The molecule has 0 spiro atoms. The first kappa shape index (κ1) is 25.2. The molecule has 1 rings (SSSR count). The highest BCUT2D eigenvalue weighted by Gasteiger charge is 2.46. The summed E-state index contributed by atoms with van der Waals surface area (Å²) in [6.07, 6.45) is 5.22. The smallest absolute Gasteiger partial charge is 0.270 e. The highest BCUT2D eigenvalue weighted by Crippen LogP contribution is 2.46. The van der Waals surface area contributed by atoms with Crippen LogP contribution < -0.4 is 5.73 Å². The zero-order valence-corrected chi connectivity index (χ0v) is 19.1. The molecule has 0 saturated carbocycles. The van der Waals surface area contributed by atoms with Crippen LogP contribution in [0.25, 0.3) is 6.08 Å². The van der Waals surface area contributed by atoms with E-state index in [9.17, 15) is 14.9 Å². The predicted octanol–water partition coefficient (Wildman–Crippen LogP) is 5.14. The SMILES string of the molecule is C=CN(/N=C\C)/C(=C\c1cccc([N+](=O)[O-])c1)C(=O)C(C)(C)C(C)(C)CC(C)(C)N. The molecule has 0 saturated heterocycles. The van der Waals surface area contributed by atoms with Crippen LogP contribution in [-0.4, -0.2) is 27.5 Å². The monoisotopic (exact) mass is 414 g/mol. The maximum atomic E-state index is 13.8. The maximum Gasteiger partial charge on any atom is 0.270 e. The number of allylic oxidation sites excluding steroid dienone is 1. The minimum atomic E-state index is -0.805. The molecule has 0 aliphatic rings. The number of carbonyl (C=O) groups excluding carboxylic acids is 1. The van der Waals surface area contributed by atoms with Gasteiger partial charge in [0.25, 0.3) is 5.69 Å². The highest BCUT2D eigenvalue weighted by atomic mass is 16.6. The number of non-ortho nitro benzene ring substituents is 1. The number of nitrogens with two attached hydrogens (primary N) is 1. The third-order valence-electron chi connectivity index (χ3n) is 5.43. The van der Waals surface area contributed by atoms with Gasteiger partial charge in [0.05, 0.1) is 4.92 Å². The number of hydrogen-bond donors (Lipinski definition) is 1. The van der Waals surface area contributed by atoms with E-state index >= 15 is 0 Å². The second-order valence-corrected chi connectivity index (χ2v) is 9.29. The molecular weight excluding hydrogens is 380 g/mol. The molecule has 0 fully saturated rings. The van der Waals surface area contributed by atoms with Gasteiger partial charge in [-0.2, -0.15) is 5.10 Å². The van der Waals surface area contributed by atoms with Gasteiger partial charge in [0.2, 0.25) is 0 Å². The molecule has 0 heterocycles. The molecule has 0 atom stereocenters. The number of nitrogens with zero attached hydrogens (tertiary/aromatic N) is 3. The van der Waals surface area contributed by atoms with E-state index in [2.05, 4.69) is 11.7 Å². The molecule has 164 valence electrons. The Kier molecular flexibility index (Phi) is 7.86. The van der Waals surface area contributed by atoms with Crippen molar-refractivity contribution in [3.8, 4) is 0 Å². The van der Waals surface area contributed by atoms with Crippen molar-refractivity contribution in [1.29, 1.82) is 0 Å². The van der Waals surface area contributed by atoms with E-state index in [-0.39, 0.29) is 17.2 Å². The van der Waals surface area contributed by atoms with Gasteiger partial charge in [-0.15, -0.1) is 0 Å². The van der Waals surface area contributed by atoms with Crippen LogP contribution in [0.4, 0.5) is 5.69 Å². The number of nitro benzene ring substituents is 1. The first-order chi connectivity index (χ1) is 13.7. The predicted molar refractivity (Wildman–Crippen MR) is 123 cm³/mol. The van der Waals surface area contributed by atoms with Crippen LogP contribution in [-0.2, 0) is 4.79 Å². The van der Waals surface area contributed by atoms with E-state index < -0.39 is 21.3 Å². The molecule has 0 aliphatic carbocycles. The standard InChI is InChI=1S/C23H34N4O3/c1-9-25-26(10-2)19(15-17-12-11-13-18(14-17)27(29)30)20(28)23(7,8)21(3,4)16-22(5,6)24/h9-15H,2,16,24H2,1,3-8H3/b19-15-,25-9-. The van der Waals surface area contributed by atoms with E-state index in [1.165, 1.54) is 23.3 Å². The Morgan fingerprint density at radius 1 is 1.27 bits per heavy atom. The molecule has 0 aliphatic heterocycles. The largest absolute Gasteiger partial charge is 0.326 e. The van der Waals surface area contributed by atoms with Crippen LogP contribution in [0.3, 0.4) is 0 Å². The summed E-state index contributed by atoms with van der Waals surface area (Å²) >= 11 is 0. The fourth-order valence-corrected chi connectivity index (χ4v) is 3.44. The summed E-state index contributed by atoms with van der Waals surface area (Å²) < 4.78 is 0. The Labute approximate surface area is 179 Å². The van der Waals surface area contributed by atoms with Crippen LogP contribution in [0.5, 0.6) is 0 Å². The number of rotatable bonds is 10. The molecule has 1 aromatic carbocycles. The summed E-state index contributed by atoms with van der Waals surface area (Å²) in [7, 11) is 0. The number of hydrazone groups is 1. The lowest BCUT2D eigenvalue weighted by Crippen LogP contribution is -2.48. The number of hydrogen-bond acceptors (Lipinski definition) is 6. The molecule has 30 heavy (non-hydrogen) atoms. The molecule has 0 amide bonds. The van der Waals surface area contributed by atoms with Crippen molar-refractivity contribution in [1.82, 2.24) is 5.01 Å². The average Bonchev–Trinajstić information content (AvgIpc) is 2.62. The van der Waals surface area contributed by atoms with E-state index in [0.717, 1.165) is 0 Å². The third-order valence-corrected chi connectivity index (χ3v) is 5.43. The van der Waals surface area contributed by atoms with Gasteiger partial charge in [0.1, 0.15) is 5.70 Å². The van der Waals surface area contributed by atoms with Gasteiger partial charge in [-0.25, -0.2) is 5.01 Å². The van der Waals surface area contributed by atoms with Crippen molar-refractivity contribution >= 4 is 23.8 Å². The summed E-state index contributed by atoms with van der Waals surface area (Å²) in [5.41, 5.74) is 5.31. The number of benzene rings is 1. The molecule has 0 bridgehead atoms. The van der Waals surface area contributed by atoms with Crippen molar-refractivity contribution in [2.45, 2.75) is 60.4 Å². The van der Waals surface area contributed by atoms with E-state index in [4.69, 9.17) is 5.73 Å². The average molecular weight is 415 g/mol. The van der Waals surface area contributed by atoms with Crippen molar-refractivity contribution in [3.63, 3.8) is 0 Å². The molecule has 7 nitrogen and oxygen atoms in total. The van der Waals surface area contributed by atoms with E-state index in [1.807, 2.05) is 41.5 Å². The van der Waals surface area contributed by atoms with E-state index in [0.29, 0.717) is 12.0 Å². The summed E-state index contributed by atoms with van der Waals surface area (Å²) in [6, 6.07) is 6.12. The van der Waals surface area contributed by atoms with E-state index in [1.54, 1.807) is 31.3 Å². The highest BCUT2D eigenvalue weighted by molar-refractivity contribution is 6.03. The molecule has 1 aromatic rings. The molecule has 2 N–H and O–H groups in total. The van der Waals surface area contributed by atoms with Crippen molar-refractivity contribution in [2.24, 2.45) is 21.7 Å². The number of carbonyl (C=O) groups is 1. The first-order valence-corrected chi connectivity index (χ1v) is 9.86. The zero-order chi connectivity index (χ0) is 23.3. The molecule has 0 radical (unpaired) electrons. The lowest BCUT2D eigenvalue weighted by Gasteiger charge is -2.44. The zero-order valence-electron chi connectivity index (χ0n) is 19.1. The van der Waals surface area contributed by atoms with Gasteiger partial charge in [0.15, 0.2) is 5.78 Å². The number of ketones is 1. The first-order valence-electron chi connectivity index (χ1n) is 9.86. The van der Waals surface area contributed by atoms with Gasteiger partial charge in [-0.1, -0.05) is 46.4 Å². The van der Waals surface area contributed by atoms with Crippen LogP contribution in [0.2, 0.25) is 0 Å². The van der Waals surface area contributed by atoms with Crippen molar-refractivity contribution in [2.75, 3.05) is 0 Å². The van der Waals surface area contributed by atoms with Crippen LogP contribution >= 0.6 is 0 Å². The second kappa shape index (κ2) is 9.34. The molecule has 7 heteroatoms. The summed E-state index contributed by atoms with van der Waals surface area (Å²) in [5, 5.41) is 16.8. The topological polar surface area (TPSA) is 102 Å². The quantitative estimate of drug-likeness (QED) is 0.247. The summed E-state index contributed by atoms with van der Waals surface area (Å²) in [6.45, 7) is 17.2. The lowest BCUT2D eigenvalue weighted by atomic mass is 9.60. The van der Waals surface area contributed by atoms with Gasteiger partial charge in [-0.05, 0) is 44.2 Å². The Morgan fingerprint density at radius 2 is 1.87 bits per heavy atom. The Bertz CT molecular complexity index is 861. The minimum Gasteiger partial charge on any atom is -0.326 e. The van der Waals surface area contributed by atoms with Gasteiger partial charge in [-0.3, -0.25) is 14.9 Å². The van der Waals surface area contributed by atoms with Crippen LogP contribution in [0.15, 0.2) is 47.8 Å². The minimum absolute atomic E-state index is 0.0517. The third kappa shape index (κ3) is 6.10. The Balaban J connectivity index is 3.59. The number of Topliss-reactive ketones (excluding diaryl/α,β-unsaturated/α-hetero) is 1. The molecular formula is C23H34N4O3. The van der Waals surface area contributed by atoms with Crippen molar-refractivity contribution < 1.29 is 9.72 Å². The lowest BCUT2D eigenvalue weighted by molar-refractivity contribution is -0.384. The van der Waals surface area contributed by atoms with Gasteiger partial charge >= 0.3 is 0 Å². The summed E-state index contributed by atoms with van der Waals surface area (Å²) in [5.74, 6) is -0.159. The fraction of sp³-hybridized carbons (Fsp3) is 0.478. The second-order valence-electron chi connectivity index (χ2n) is 9.29. The fourth-order valence-electron chi connectivity index (χ4n) is 3.44. The van der Waals surface area contributed by atoms with Crippen LogP contribution in [0.1, 0.15) is 60.5 Å². The Morgan fingerprint density at radius 3 is 2.33 bits per heavy atom. The van der Waals surface area contributed by atoms with Gasteiger partial charge in [0, 0.05) is 35.5 Å². The number of nitro groups is 1. The summed E-state index contributed by atoms with van der Waals surface area (Å²) in [4.78, 5) is 24.5. The van der Waals surface area contributed by atoms with Gasteiger partial charge < -0.3 is 5.73 Å². The van der Waals surface area contributed by atoms with Crippen molar-refractivity contribution in [3.05, 3.63) is 58.4 Å². The molecule has 0 aromatic heterocycles. The Hall–Kier alpha value is -2.80.